The van der Waals surface area contributed by atoms with Crippen molar-refractivity contribution in [3.05, 3.63) is 200 Å². The first-order valence-corrected chi connectivity index (χ1v) is 17.4. The van der Waals surface area contributed by atoms with Crippen LogP contribution in [0.25, 0.3) is 55.3 Å². The van der Waals surface area contributed by atoms with Crippen molar-refractivity contribution in [3.63, 3.8) is 0 Å². The fourth-order valence-corrected chi connectivity index (χ4v) is 7.33. The zero-order valence-corrected chi connectivity index (χ0v) is 27.8. The number of benzene rings is 7. The van der Waals surface area contributed by atoms with E-state index in [0.29, 0.717) is 0 Å². The fraction of sp³-hybridized carbons (Fsp3) is 0.0417. The molecule has 0 radical (unpaired) electrons. The lowest BCUT2D eigenvalue weighted by Crippen LogP contribution is -2.10. The van der Waals surface area contributed by atoms with Crippen molar-refractivity contribution in [2.75, 3.05) is 4.90 Å². The molecule has 238 valence electrons. The van der Waals surface area contributed by atoms with Crippen LogP contribution in [0.5, 0.6) is 0 Å². The SMILES string of the molecule is C1=CC(c2ccc(N(c3ccccc3)c3ccc4c5cc(-c6ccccc6)ccc5n(-c5ccc(-c6ccccc6)cc5)c4c3)cc2)=CCC1. The van der Waals surface area contributed by atoms with Gasteiger partial charge in [0.1, 0.15) is 0 Å². The third kappa shape index (κ3) is 5.51. The third-order valence-corrected chi connectivity index (χ3v) is 9.82. The minimum absolute atomic E-state index is 1.10. The number of anilines is 3. The van der Waals surface area contributed by atoms with Crippen LogP contribution in [0.1, 0.15) is 18.4 Å². The standard InChI is InChI=1S/C48H36N2/c1-5-13-35(14-6-1)38-21-26-42(27-22-38)49(41-19-11-4-12-20-41)44-30-31-45-46-33-40(37-17-9-3-10-18-37)25-32-47(46)50(48(45)34-44)43-28-23-39(24-29-43)36-15-7-2-8-16-36/h2-5,7-34H,1,6H2. The van der Waals surface area contributed by atoms with E-state index in [1.54, 1.807) is 0 Å². The van der Waals surface area contributed by atoms with E-state index in [2.05, 4.69) is 204 Å². The molecule has 8 aromatic rings. The van der Waals surface area contributed by atoms with Crippen LogP contribution >= 0.6 is 0 Å². The maximum absolute atomic E-state index is 2.42. The maximum Gasteiger partial charge on any atom is 0.0561 e. The molecule has 1 aliphatic carbocycles. The molecule has 0 fully saturated rings. The minimum atomic E-state index is 1.10. The highest BCUT2D eigenvalue weighted by molar-refractivity contribution is 6.11. The van der Waals surface area contributed by atoms with E-state index in [4.69, 9.17) is 0 Å². The molecule has 0 saturated carbocycles. The lowest BCUT2D eigenvalue weighted by Gasteiger charge is -2.26. The second kappa shape index (κ2) is 12.9. The van der Waals surface area contributed by atoms with Crippen LogP contribution in [0.4, 0.5) is 17.1 Å². The van der Waals surface area contributed by atoms with Gasteiger partial charge < -0.3 is 9.47 Å². The van der Waals surface area contributed by atoms with Crippen molar-refractivity contribution in [1.82, 2.24) is 4.57 Å². The molecule has 9 rings (SSSR count). The second-order valence-electron chi connectivity index (χ2n) is 12.9. The van der Waals surface area contributed by atoms with Gasteiger partial charge in [-0.3, -0.25) is 0 Å². The van der Waals surface area contributed by atoms with Crippen LogP contribution in [-0.4, -0.2) is 4.57 Å². The molecule has 0 atom stereocenters. The molecular weight excluding hydrogens is 605 g/mol. The molecule has 2 nitrogen and oxygen atoms in total. The molecule has 0 bridgehead atoms. The Morgan fingerprint density at radius 2 is 0.980 bits per heavy atom. The second-order valence-corrected chi connectivity index (χ2v) is 12.9. The van der Waals surface area contributed by atoms with Crippen LogP contribution in [0.15, 0.2) is 194 Å². The maximum atomic E-state index is 2.42. The first-order valence-electron chi connectivity index (χ1n) is 17.4. The number of nitrogens with zero attached hydrogens (tertiary/aromatic N) is 2. The van der Waals surface area contributed by atoms with Gasteiger partial charge in [0.05, 0.1) is 11.0 Å². The van der Waals surface area contributed by atoms with Crippen molar-refractivity contribution in [3.8, 4) is 27.9 Å². The van der Waals surface area contributed by atoms with E-state index in [0.717, 1.165) is 35.6 Å². The smallest absolute Gasteiger partial charge is 0.0561 e. The largest absolute Gasteiger partial charge is 0.310 e. The quantitative estimate of drug-likeness (QED) is 0.168. The molecule has 0 amide bonds. The molecule has 0 aliphatic heterocycles. The first-order chi connectivity index (χ1) is 24.8. The number of aromatic nitrogens is 1. The number of para-hydroxylation sites is 1. The lowest BCUT2D eigenvalue weighted by atomic mass is 9.99. The van der Waals surface area contributed by atoms with Gasteiger partial charge in [0.2, 0.25) is 0 Å². The highest BCUT2D eigenvalue weighted by atomic mass is 15.1. The van der Waals surface area contributed by atoms with Crippen LogP contribution < -0.4 is 4.90 Å². The van der Waals surface area contributed by atoms with Gasteiger partial charge in [-0.05, 0) is 107 Å². The van der Waals surface area contributed by atoms with Crippen LogP contribution in [0.3, 0.4) is 0 Å². The predicted molar refractivity (Wildman–Crippen MR) is 213 cm³/mol. The summed E-state index contributed by atoms with van der Waals surface area (Å²) in [6.07, 6.45) is 9.07. The van der Waals surface area contributed by atoms with Crippen molar-refractivity contribution >= 4 is 44.4 Å². The summed E-state index contributed by atoms with van der Waals surface area (Å²) >= 11 is 0. The summed E-state index contributed by atoms with van der Waals surface area (Å²) in [5.41, 5.74) is 14.3. The topological polar surface area (TPSA) is 8.17 Å². The Balaban J connectivity index is 1.22. The van der Waals surface area contributed by atoms with E-state index < -0.39 is 0 Å². The molecular formula is C48H36N2. The Kier molecular flexibility index (Phi) is 7.68. The lowest BCUT2D eigenvalue weighted by molar-refractivity contribution is 1.04. The number of hydrogen-bond acceptors (Lipinski definition) is 1. The Morgan fingerprint density at radius 1 is 0.400 bits per heavy atom. The monoisotopic (exact) mass is 640 g/mol. The minimum Gasteiger partial charge on any atom is -0.310 e. The molecule has 0 unspecified atom stereocenters. The van der Waals surface area contributed by atoms with Gasteiger partial charge in [-0.15, -0.1) is 0 Å². The number of rotatable bonds is 7. The normalized spacial score (nSPS) is 12.7. The van der Waals surface area contributed by atoms with Crippen molar-refractivity contribution in [2.45, 2.75) is 12.8 Å². The Morgan fingerprint density at radius 3 is 1.66 bits per heavy atom. The summed E-state index contributed by atoms with van der Waals surface area (Å²) in [6, 6.07) is 63.7. The Bertz CT molecular complexity index is 2490. The first kappa shape index (κ1) is 29.7. The molecule has 7 aromatic carbocycles. The highest BCUT2D eigenvalue weighted by Crippen LogP contribution is 2.41. The fourth-order valence-electron chi connectivity index (χ4n) is 7.33. The number of hydrogen-bond donors (Lipinski definition) is 0. The van der Waals surface area contributed by atoms with Gasteiger partial charge >= 0.3 is 0 Å². The van der Waals surface area contributed by atoms with Gasteiger partial charge in [0.15, 0.2) is 0 Å². The molecule has 1 aromatic heterocycles. The molecule has 50 heavy (non-hydrogen) atoms. The summed E-state index contributed by atoms with van der Waals surface area (Å²) in [4.78, 5) is 2.37. The summed E-state index contributed by atoms with van der Waals surface area (Å²) in [5.74, 6) is 0. The zero-order chi connectivity index (χ0) is 33.3. The summed E-state index contributed by atoms with van der Waals surface area (Å²) in [6.45, 7) is 0. The predicted octanol–water partition coefficient (Wildman–Crippen LogP) is 13.3. The van der Waals surface area contributed by atoms with Crippen LogP contribution in [0.2, 0.25) is 0 Å². The molecule has 0 N–H and O–H groups in total. The van der Waals surface area contributed by atoms with Crippen LogP contribution in [-0.2, 0) is 0 Å². The molecule has 2 heteroatoms. The Labute approximate surface area is 293 Å². The van der Waals surface area contributed by atoms with E-state index in [1.165, 1.54) is 55.2 Å². The van der Waals surface area contributed by atoms with Gasteiger partial charge in [0, 0.05) is 33.5 Å². The molecule has 0 spiro atoms. The Hall–Kier alpha value is -6.38. The van der Waals surface area contributed by atoms with E-state index in [-0.39, 0.29) is 0 Å². The average Bonchev–Trinajstić information content (AvgIpc) is 3.53. The average molecular weight is 641 g/mol. The van der Waals surface area contributed by atoms with E-state index >= 15 is 0 Å². The number of allylic oxidation sites excluding steroid dienone is 4. The van der Waals surface area contributed by atoms with Crippen molar-refractivity contribution in [2.24, 2.45) is 0 Å². The van der Waals surface area contributed by atoms with Crippen LogP contribution in [0, 0.1) is 0 Å². The number of fused-ring (bicyclic) bond motifs is 3. The summed E-state index contributed by atoms with van der Waals surface area (Å²) in [7, 11) is 0. The molecule has 1 aliphatic rings. The van der Waals surface area contributed by atoms with Gasteiger partial charge in [-0.1, -0.05) is 133 Å². The summed E-state index contributed by atoms with van der Waals surface area (Å²) < 4.78 is 2.42. The zero-order valence-electron chi connectivity index (χ0n) is 27.8. The molecule has 0 saturated heterocycles. The third-order valence-electron chi connectivity index (χ3n) is 9.82. The molecule has 1 heterocycles. The van der Waals surface area contributed by atoms with Gasteiger partial charge in [-0.25, -0.2) is 0 Å². The highest BCUT2D eigenvalue weighted by Gasteiger charge is 2.18. The van der Waals surface area contributed by atoms with Crippen molar-refractivity contribution in [1.29, 1.82) is 0 Å². The van der Waals surface area contributed by atoms with E-state index in [9.17, 15) is 0 Å². The van der Waals surface area contributed by atoms with Gasteiger partial charge in [-0.2, -0.15) is 0 Å². The summed E-state index contributed by atoms with van der Waals surface area (Å²) in [5, 5.41) is 2.47. The van der Waals surface area contributed by atoms with Gasteiger partial charge in [0.25, 0.3) is 0 Å². The van der Waals surface area contributed by atoms with E-state index in [1.807, 2.05) is 0 Å². The van der Waals surface area contributed by atoms with Crippen molar-refractivity contribution < 1.29 is 0 Å².